The van der Waals surface area contributed by atoms with E-state index in [9.17, 15) is 0 Å². The van der Waals surface area contributed by atoms with E-state index in [1.807, 2.05) is 30.6 Å². The summed E-state index contributed by atoms with van der Waals surface area (Å²) in [5.41, 5.74) is 0. The van der Waals surface area contributed by atoms with Gasteiger partial charge in [-0.2, -0.15) is 0 Å². The Kier molecular flexibility index (Phi) is 2.74. The van der Waals surface area contributed by atoms with Crippen LogP contribution in [-0.4, -0.2) is 6.61 Å². The average Bonchev–Trinajstić information content (AvgIpc) is 2.03. The lowest BCUT2D eigenvalue weighted by atomic mass is 10.5. The molecule has 2 heteroatoms. The Bertz CT molecular complexity index is 174. The van der Waals surface area contributed by atoms with E-state index < -0.39 is 0 Å². The van der Waals surface area contributed by atoms with E-state index in [4.69, 9.17) is 4.84 Å². The van der Waals surface area contributed by atoms with Crippen LogP contribution in [0.2, 0.25) is 0 Å². The molecule has 0 radical (unpaired) electrons. The fourth-order valence-corrected chi connectivity index (χ4v) is 0.666. The largest absolute Gasteiger partial charge is 0.271 e. The van der Waals surface area contributed by atoms with Crippen LogP contribution in [-0.2, 0) is 0 Å². The van der Waals surface area contributed by atoms with Crippen LogP contribution >= 0.6 is 0 Å². The summed E-state index contributed by atoms with van der Waals surface area (Å²) in [6.45, 7) is 2.86. The van der Waals surface area contributed by atoms with Crippen molar-refractivity contribution in [1.82, 2.24) is 0 Å². The van der Waals surface area contributed by atoms with Gasteiger partial charge in [-0.25, -0.2) is 0 Å². The minimum Gasteiger partial charge on any atom is -0.271 e. The van der Waals surface area contributed by atoms with E-state index in [0.717, 1.165) is 13.0 Å². The SMILES string of the molecule is CCCO[n+]1ccccc1. The predicted octanol–water partition coefficient (Wildman–Crippen LogP) is 0.813. The molecule has 0 aliphatic rings. The monoisotopic (exact) mass is 138 g/mol. The molecule has 10 heavy (non-hydrogen) atoms. The van der Waals surface area contributed by atoms with Crippen molar-refractivity contribution in [3.05, 3.63) is 30.6 Å². The van der Waals surface area contributed by atoms with Crippen LogP contribution < -0.4 is 9.57 Å². The maximum atomic E-state index is 5.27. The van der Waals surface area contributed by atoms with Gasteiger partial charge in [0.05, 0.1) is 0 Å². The Morgan fingerprint density at radius 1 is 1.20 bits per heavy atom. The van der Waals surface area contributed by atoms with Crippen LogP contribution in [0.5, 0.6) is 0 Å². The number of hydrogen-bond acceptors (Lipinski definition) is 1. The Labute approximate surface area is 61.0 Å². The molecular formula is C8H12NO+. The van der Waals surface area contributed by atoms with Crippen LogP contribution in [0.3, 0.4) is 0 Å². The van der Waals surface area contributed by atoms with E-state index in [2.05, 4.69) is 6.92 Å². The van der Waals surface area contributed by atoms with Gasteiger partial charge in [-0.1, -0.05) is 13.0 Å². The first kappa shape index (κ1) is 7.06. The lowest BCUT2D eigenvalue weighted by molar-refractivity contribution is -0.891. The zero-order valence-electron chi connectivity index (χ0n) is 6.16. The summed E-state index contributed by atoms with van der Waals surface area (Å²) < 4.78 is 1.71. The lowest BCUT2D eigenvalue weighted by Crippen LogP contribution is -2.41. The average molecular weight is 138 g/mol. The van der Waals surface area contributed by atoms with Gasteiger partial charge in [-0.05, 0) is 6.42 Å². The second-order valence-electron chi connectivity index (χ2n) is 2.07. The predicted molar refractivity (Wildman–Crippen MR) is 38.4 cm³/mol. The first-order chi connectivity index (χ1) is 4.93. The molecule has 0 N–H and O–H groups in total. The molecular weight excluding hydrogens is 126 g/mol. The molecule has 2 nitrogen and oxygen atoms in total. The van der Waals surface area contributed by atoms with Gasteiger partial charge in [0, 0.05) is 16.9 Å². The van der Waals surface area contributed by atoms with Gasteiger partial charge in [-0.3, -0.25) is 4.84 Å². The molecule has 0 atom stereocenters. The summed E-state index contributed by atoms with van der Waals surface area (Å²) in [4.78, 5) is 5.27. The van der Waals surface area contributed by atoms with Crippen molar-refractivity contribution in [3.63, 3.8) is 0 Å². The summed E-state index contributed by atoms with van der Waals surface area (Å²) >= 11 is 0. The molecule has 0 fully saturated rings. The van der Waals surface area contributed by atoms with Crippen LogP contribution in [0.25, 0.3) is 0 Å². The van der Waals surface area contributed by atoms with Crippen molar-refractivity contribution in [2.45, 2.75) is 13.3 Å². The Morgan fingerprint density at radius 2 is 1.90 bits per heavy atom. The van der Waals surface area contributed by atoms with Gasteiger partial charge >= 0.3 is 0 Å². The maximum Gasteiger partial charge on any atom is 0.222 e. The molecule has 54 valence electrons. The zero-order valence-corrected chi connectivity index (χ0v) is 6.16. The van der Waals surface area contributed by atoms with Crippen molar-refractivity contribution in [2.24, 2.45) is 0 Å². The second-order valence-corrected chi connectivity index (χ2v) is 2.07. The molecule has 0 saturated heterocycles. The number of hydrogen-bond donors (Lipinski definition) is 0. The van der Waals surface area contributed by atoms with Crippen molar-refractivity contribution in [1.29, 1.82) is 0 Å². The van der Waals surface area contributed by atoms with E-state index >= 15 is 0 Å². The smallest absolute Gasteiger partial charge is 0.222 e. The van der Waals surface area contributed by atoms with Gasteiger partial charge in [0.15, 0.2) is 6.61 Å². The van der Waals surface area contributed by atoms with Gasteiger partial charge < -0.3 is 0 Å². The summed E-state index contributed by atoms with van der Waals surface area (Å²) in [5.74, 6) is 0. The third-order valence-electron chi connectivity index (χ3n) is 1.13. The highest BCUT2D eigenvalue weighted by Gasteiger charge is 1.93. The van der Waals surface area contributed by atoms with Crippen LogP contribution in [0.1, 0.15) is 13.3 Å². The number of rotatable bonds is 3. The molecule has 0 aliphatic heterocycles. The molecule has 0 spiro atoms. The summed E-state index contributed by atoms with van der Waals surface area (Å²) in [6, 6.07) is 5.84. The van der Waals surface area contributed by atoms with E-state index in [-0.39, 0.29) is 0 Å². The minimum atomic E-state index is 0.772. The van der Waals surface area contributed by atoms with Gasteiger partial charge in [0.25, 0.3) is 0 Å². The fraction of sp³-hybridized carbons (Fsp3) is 0.375. The van der Waals surface area contributed by atoms with Crippen LogP contribution in [0, 0.1) is 0 Å². The van der Waals surface area contributed by atoms with Gasteiger partial charge in [0.1, 0.15) is 0 Å². The molecule has 0 unspecified atom stereocenters. The van der Waals surface area contributed by atoms with Gasteiger partial charge in [0.2, 0.25) is 12.4 Å². The first-order valence-corrected chi connectivity index (χ1v) is 3.53. The summed E-state index contributed by atoms with van der Waals surface area (Å²) in [6.07, 6.45) is 4.81. The summed E-state index contributed by atoms with van der Waals surface area (Å²) in [5, 5.41) is 0. The standard InChI is InChI=1S/C8H12NO/c1-2-8-10-9-6-4-3-5-7-9/h3-7H,2,8H2,1H3/q+1. The molecule has 1 heterocycles. The Balaban J connectivity index is 2.43. The topological polar surface area (TPSA) is 13.1 Å². The molecule has 0 aliphatic carbocycles. The van der Waals surface area contributed by atoms with E-state index in [1.165, 1.54) is 0 Å². The van der Waals surface area contributed by atoms with Gasteiger partial charge in [-0.15, -0.1) is 0 Å². The van der Waals surface area contributed by atoms with E-state index in [0.29, 0.717) is 0 Å². The van der Waals surface area contributed by atoms with Crippen LogP contribution in [0.4, 0.5) is 0 Å². The van der Waals surface area contributed by atoms with Crippen LogP contribution in [0.15, 0.2) is 30.6 Å². The molecule has 1 aromatic rings. The van der Waals surface area contributed by atoms with Crippen molar-refractivity contribution in [3.8, 4) is 0 Å². The molecule has 1 rings (SSSR count). The maximum absolute atomic E-state index is 5.27. The van der Waals surface area contributed by atoms with E-state index in [1.54, 1.807) is 4.73 Å². The normalized spacial score (nSPS) is 9.30. The minimum absolute atomic E-state index is 0.772. The summed E-state index contributed by atoms with van der Waals surface area (Å²) in [7, 11) is 0. The third kappa shape index (κ3) is 2.05. The second kappa shape index (κ2) is 3.88. The molecule has 0 amide bonds. The van der Waals surface area contributed by atoms with Crippen molar-refractivity contribution in [2.75, 3.05) is 6.61 Å². The van der Waals surface area contributed by atoms with Crippen molar-refractivity contribution < 1.29 is 9.57 Å². The third-order valence-corrected chi connectivity index (χ3v) is 1.13. The molecule has 1 aromatic heterocycles. The number of nitrogens with zero attached hydrogens (tertiary/aromatic N) is 1. The van der Waals surface area contributed by atoms with Crippen molar-refractivity contribution >= 4 is 0 Å². The molecule has 0 saturated carbocycles. The Hall–Kier alpha value is -1.05. The molecule has 0 aromatic carbocycles. The zero-order chi connectivity index (χ0) is 7.23. The highest BCUT2D eigenvalue weighted by Crippen LogP contribution is 1.75. The highest BCUT2D eigenvalue weighted by molar-refractivity contribution is 4.83. The number of pyridine rings is 1. The first-order valence-electron chi connectivity index (χ1n) is 3.53. The number of aromatic nitrogens is 1. The quantitative estimate of drug-likeness (QED) is 0.563. The molecule has 0 bridgehead atoms. The fourth-order valence-electron chi connectivity index (χ4n) is 0.666. The lowest BCUT2D eigenvalue weighted by Gasteiger charge is -1.92. The highest BCUT2D eigenvalue weighted by atomic mass is 16.7. The Morgan fingerprint density at radius 3 is 2.50 bits per heavy atom.